The standard InChI is InChI=1S/C12H10N4O3/c17-6-8-1-3-15-7-13-11(9(15)5-8)16-4-2-10(18)14-12(16)19/h1,3,5-7H,2,4H2,(H,14,18,19). The van der Waals surface area contributed by atoms with Gasteiger partial charge >= 0.3 is 6.03 Å². The second-order valence-corrected chi connectivity index (χ2v) is 4.19. The molecule has 0 bridgehead atoms. The minimum Gasteiger partial charge on any atom is -0.304 e. The van der Waals surface area contributed by atoms with E-state index in [2.05, 4.69) is 10.3 Å². The van der Waals surface area contributed by atoms with Gasteiger partial charge in [-0.25, -0.2) is 9.78 Å². The Morgan fingerprint density at radius 1 is 1.37 bits per heavy atom. The van der Waals surface area contributed by atoms with Crippen LogP contribution in [0.4, 0.5) is 10.6 Å². The molecule has 1 aliphatic heterocycles. The van der Waals surface area contributed by atoms with Gasteiger partial charge in [0.2, 0.25) is 5.91 Å². The fourth-order valence-electron chi connectivity index (χ4n) is 2.04. The molecule has 7 nitrogen and oxygen atoms in total. The van der Waals surface area contributed by atoms with Crippen molar-refractivity contribution in [2.75, 3.05) is 11.4 Å². The van der Waals surface area contributed by atoms with E-state index in [1.807, 2.05) is 0 Å². The summed E-state index contributed by atoms with van der Waals surface area (Å²) in [6, 6.07) is 2.82. The summed E-state index contributed by atoms with van der Waals surface area (Å²) in [4.78, 5) is 39.3. The quantitative estimate of drug-likeness (QED) is 0.799. The van der Waals surface area contributed by atoms with Crippen molar-refractivity contribution in [3.05, 3.63) is 30.2 Å². The maximum absolute atomic E-state index is 11.8. The number of aromatic nitrogens is 2. The van der Waals surface area contributed by atoms with Crippen molar-refractivity contribution < 1.29 is 14.4 Å². The van der Waals surface area contributed by atoms with E-state index in [4.69, 9.17) is 0 Å². The maximum Gasteiger partial charge on any atom is 0.329 e. The topological polar surface area (TPSA) is 83.8 Å². The van der Waals surface area contributed by atoms with Crippen LogP contribution in [0.2, 0.25) is 0 Å². The molecule has 0 aromatic carbocycles. The van der Waals surface area contributed by atoms with Crippen LogP contribution in [0.25, 0.3) is 5.52 Å². The van der Waals surface area contributed by atoms with Crippen LogP contribution in [0, 0.1) is 0 Å². The summed E-state index contributed by atoms with van der Waals surface area (Å²) in [6.07, 6.45) is 4.22. The molecule has 3 heterocycles. The summed E-state index contributed by atoms with van der Waals surface area (Å²) < 4.78 is 1.71. The zero-order valence-corrected chi connectivity index (χ0v) is 9.87. The predicted octanol–water partition coefficient (Wildman–Crippen LogP) is 0.593. The van der Waals surface area contributed by atoms with Crippen LogP contribution < -0.4 is 10.2 Å². The molecule has 3 rings (SSSR count). The Labute approximate surface area is 107 Å². The van der Waals surface area contributed by atoms with E-state index in [9.17, 15) is 14.4 Å². The van der Waals surface area contributed by atoms with Gasteiger partial charge in [-0.1, -0.05) is 0 Å². The van der Waals surface area contributed by atoms with Crippen LogP contribution in [-0.2, 0) is 4.79 Å². The number of carbonyl (C=O) groups excluding carboxylic acids is 3. The average Bonchev–Trinajstić information content (AvgIpc) is 2.81. The summed E-state index contributed by atoms with van der Waals surface area (Å²) in [7, 11) is 0. The van der Waals surface area contributed by atoms with Crippen LogP contribution in [0.1, 0.15) is 16.8 Å². The molecule has 0 unspecified atom stereocenters. The molecule has 96 valence electrons. The Morgan fingerprint density at radius 3 is 2.95 bits per heavy atom. The number of hydrogen-bond donors (Lipinski definition) is 1. The van der Waals surface area contributed by atoms with Crippen LogP contribution in [-0.4, -0.2) is 34.2 Å². The first-order chi connectivity index (χ1) is 9.19. The molecule has 19 heavy (non-hydrogen) atoms. The molecule has 3 amide bonds. The molecular weight excluding hydrogens is 248 g/mol. The minimum atomic E-state index is -0.492. The van der Waals surface area contributed by atoms with E-state index in [0.29, 0.717) is 16.9 Å². The first-order valence-corrected chi connectivity index (χ1v) is 5.72. The van der Waals surface area contributed by atoms with Crippen LogP contribution in [0.3, 0.4) is 0 Å². The Hall–Kier alpha value is -2.70. The van der Waals surface area contributed by atoms with Gasteiger partial charge in [0.15, 0.2) is 5.82 Å². The number of imidazole rings is 1. The molecule has 1 fully saturated rings. The molecule has 0 saturated carbocycles. The lowest BCUT2D eigenvalue weighted by molar-refractivity contribution is -0.120. The van der Waals surface area contributed by atoms with Gasteiger partial charge in [-0.2, -0.15) is 0 Å². The molecule has 0 atom stereocenters. The second-order valence-electron chi connectivity index (χ2n) is 4.19. The third-order valence-corrected chi connectivity index (χ3v) is 2.99. The van der Waals surface area contributed by atoms with Crippen molar-refractivity contribution in [1.82, 2.24) is 14.7 Å². The number of hydrogen-bond acceptors (Lipinski definition) is 4. The Kier molecular flexibility index (Phi) is 2.52. The minimum absolute atomic E-state index is 0.234. The number of imide groups is 1. The Morgan fingerprint density at radius 2 is 2.21 bits per heavy atom. The van der Waals surface area contributed by atoms with Gasteiger partial charge in [0.25, 0.3) is 0 Å². The zero-order chi connectivity index (χ0) is 13.4. The normalized spacial score (nSPS) is 15.7. The van der Waals surface area contributed by atoms with Gasteiger partial charge in [-0.05, 0) is 12.1 Å². The molecule has 2 aromatic heterocycles. The van der Waals surface area contributed by atoms with Crippen molar-refractivity contribution in [3.63, 3.8) is 0 Å². The van der Waals surface area contributed by atoms with E-state index in [1.165, 1.54) is 4.90 Å². The molecule has 0 aliphatic carbocycles. The monoisotopic (exact) mass is 258 g/mol. The number of fused-ring (bicyclic) bond motifs is 1. The third-order valence-electron chi connectivity index (χ3n) is 2.99. The Balaban J connectivity index is 2.07. The van der Waals surface area contributed by atoms with E-state index in [0.717, 1.165) is 6.29 Å². The van der Waals surface area contributed by atoms with Crippen LogP contribution in [0.5, 0.6) is 0 Å². The number of carbonyl (C=O) groups is 3. The summed E-state index contributed by atoms with van der Waals surface area (Å²) in [6.45, 7) is 0.280. The van der Waals surface area contributed by atoms with Gasteiger partial charge < -0.3 is 4.40 Å². The molecule has 1 N–H and O–H groups in total. The molecule has 7 heteroatoms. The largest absolute Gasteiger partial charge is 0.329 e. The number of amides is 3. The number of anilines is 1. The van der Waals surface area contributed by atoms with Gasteiger partial charge in [0.1, 0.15) is 12.6 Å². The predicted molar refractivity (Wildman–Crippen MR) is 66.1 cm³/mol. The van der Waals surface area contributed by atoms with Crippen LogP contribution in [0.15, 0.2) is 24.7 Å². The van der Waals surface area contributed by atoms with E-state index >= 15 is 0 Å². The summed E-state index contributed by atoms with van der Waals surface area (Å²) >= 11 is 0. The first kappa shape index (κ1) is 11.4. The van der Waals surface area contributed by atoms with Gasteiger partial charge in [0, 0.05) is 24.7 Å². The number of nitrogens with one attached hydrogen (secondary N) is 1. The zero-order valence-electron chi connectivity index (χ0n) is 9.87. The highest BCUT2D eigenvalue weighted by molar-refractivity contribution is 6.06. The third kappa shape index (κ3) is 1.85. The molecule has 0 radical (unpaired) electrons. The molecular formula is C12H10N4O3. The molecule has 2 aromatic rings. The number of nitrogens with zero attached hydrogens (tertiary/aromatic N) is 3. The molecule has 1 aliphatic rings. The second kappa shape index (κ2) is 4.20. The maximum atomic E-state index is 11.8. The number of aldehydes is 1. The average molecular weight is 258 g/mol. The number of urea groups is 1. The fourth-order valence-corrected chi connectivity index (χ4v) is 2.04. The van der Waals surface area contributed by atoms with Gasteiger partial charge in [-0.3, -0.25) is 19.8 Å². The number of pyridine rings is 1. The summed E-state index contributed by atoms with van der Waals surface area (Å²) in [5, 5.41) is 2.24. The van der Waals surface area contributed by atoms with E-state index in [-0.39, 0.29) is 18.9 Å². The summed E-state index contributed by atoms with van der Waals surface area (Å²) in [5.74, 6) is 0.145. The molecule has 0 spiro atoms. The highest BCUT2D eigenvalue weighted by Crippen LogP contribution is 2.22. The first-order valence-electron chi connectivity index (χ1n) is 5.72. The SMILES string of the molecule is O=Cc1ccn2cnc(N3CCC(=O)NC3=O)c2c1. The summed E-state index contributed by atoms with van der Waals surface area (Å²) in [5.41, 5.74) is 1.15. The van der Waals surface area contributed by atoms with Crippen molar-refractivity contribution >= 4 is 29.6 Å². The van der Waals surface area contributed by atoms with Crippen molar-refractivity contribution in [1.29, 1.82) is 0 Å². The highest BCUT2D eigenvalue weighted by Gasteiger charge is 2.27. The van der Waals surface area contributed by atoms with Crippen molar-refractivity contribution in [2.45, 2.75) is 6.42 Å². The van der Waals surface area contributed by atoms with E-state index < -0.39 is 6.03 Å². The van der Waals surface area contributed by atoms with Gasteiger partial charge in [0.05, 0.1) is 5.52 Å². The highest BCUT2D eigenvalue weighted by atomic mass is 16.2. The molecule has 1 saturated heterocycles. The number of rotatable bonds is 2. The lowest BCUT2D eigenvalue weighted by atomic mass is 10.2. The van der Waals surface area contributed by atoms with E-state index in [1.54, 1.807) is 29.1 Å². The smallest absolute Gasteiger partial charge is 0.304 e. The Bertz CT molecular complexity index is 691. The van der Waals surface area contributed by atoms with Gasteiger partial charge in [-0.15, -0.1) is 0 Å². The fraction of sp³-hybridized carbons (Fsp3) is 0.167. The lowest BCUT2D eigenvalue weighted by Gasteiger charge is -2.24. The van der Waals surface area contributed by atoms with Crippen LogP contribution >= 0.6 is 0 Å². The van der Waals surface area contributed by atoms with Crippen molar-refractivity contribution in [2.24, 2.45) is 0 Å². The van der Waals surface area contributed by atoms with Crippen molar-refractivity contribution in [3.8, 4) is 0 Å². The lowest BCUT2D eigenvalue weighted by Crippen LogP contribution is -2.49.